The molecular formula is C15H21ClN2O3. The van der Waals surface area contributed by atoms with Crippen LogP contribution in [0.3, 0.4) is 0 Å². The Labute approximate surface area is 130 Å². The third-order valence-electron chi connectivity index (χ3n) is 3.57. The summed E-state index contributed by atoms with van der Waals surface area (Å²) in [7, 11) is 3.58. The Morgan fingerprint density at radius 3 is 2.90 bits per heavy atom. The van der Waals surface area contributed by atoms with E-state index in [4.69, 9.17) is 21.1 Å². The highest BCUT2D eigenvalue weighted by atomic mass is 35.5. The molecule has 1 amide bonds. The van der Waals surface area contributed by atoms with Gasteiger partial charge in [-0.2, -0.15) is 0 Å². The van der Waals surface area contributed by atoms with Crippen LogP contribution in [-0.2, 0) is 9.53 Å². The van der Waals surface area contributed by atoms with Gasteiger partial charge < -0.3 is 14.8 Å². The average Bonchev–Trinajstić information content (AvgIpc) is 2.88. The van der Waals surface area contributed by atoms with Crippen molar-refractivity contribution in [3.05, 3.63) is 23.2 Å². The summed E-state index contributed by atoms with van der Waals surface area (Å²) in [5.41, 5.74) is 0.685. The number of nitrogens with one attached hydrogen (secondary N) is 1. The van der Waals surface area contributed by atoms with Crippen LogP contribution in [0.15, 0.2) is 18.2 Å². The summed E-state index contributed by atoms with van der Waals surface area (Å²) in [6, 6.07) is 5.20. The molecule has 1 N–H and O–H groups in total. The van der Waals surface area contributed by atoms with E-state index in [2.05, 4.69) is 10.2 Å². The minimum atomic E-state index is -0.0543. The van der Waals surface area contributed by atoms with E-state index in [0.717, 1.165) is 19.4 Å². The summed E-state index contributed by atoms with van der Waals surface area (Å²) in [5.74, 6) is 0.601. The van der Waals surface area contributed by atoms with Crippen molar-refractivity contribution in [1.29, 1.82) is 0 Å². The van der Waals surface area contributed by atoms with E-state index < -0.39 is 0 Å². The van der Waals surface area contributed by atoms with Crippen molar-refractivity contribution in [3.8, 4) is 5.75 Å². The topological polar surface area (TPSA) is 50.8 Å². The van der Waals surface area contributed by atoms with Crippen LogP contribution < -0.4 is 10.1 Å². The van der Waals surface area contributed by atoms with Crippen LogP contribution in [0.25, 0.3) is 0 Å². The van der Waals surface area contributed by atoms with Gasteiger partial charge in [-0.1, -0.05) is 11.6 Å². The Balaban J connectivity index is 1.94. The zero-order valence-corrected chi connectivity index (χ0v) is 13.2. The predicted octanol–water partition coefficient (Wildman–Crippen LogP) is 2.40. The van der Waals surface area contributed by atoms with Crippen LogP contribution in [0.2, 0.25) is 5.02 Å². The molecule has 116 valence electrons. The van der Waals surface area contributed by atoms with Gasteiger partial charge in [0, 0.05) is 12.8 Å². The SMILES string of the molecule is COCCOc1ccc(NC(=O)[C@@H]2CCCN2C)cc1Cl. The summed E-state index contributed by atoms with van der Waals surface area (Å²) in [6.07, 6.45) is 1.95. The van der Waals surface area contributed by atoms with Gasteiger partial charge in [-0.3, -0.25) is 9.69 Å². The molecule has 0 spiro atoms. The first kappa shape index (κ1) is 16.1. The van der Waals surface area contributed by atoms with Gasteiger partial charge in [0.25, 0.3) is 0 Å². The van der Waals surface area contributed by atoms with Gasteiger partial charge in [0.1, 0.15) is 12.4 Å². The van der Waals surface area contributed by atoms with Crippen molar-refractivity contribution in [1.82, 2.24) is 4.90 Å². The fourth-order valence-electron chi connectivity index (χ4n) is 2.40. The van der Waals surface area contributed by atoms with Gasteiger partial charge in [0.15, 0.2) is 0 Å². The molecule has 1 aromatic rings. The molecule has 21 heavy (non-hydrogen) atoms. The number of hydrogen-bond donors (Lipinski definition) is 1. The Kier molecular flexibility index (Phi) is 5.85. The Morgan fingerprint density at radius 2 is 2.29 bits per heavy atom. The van der Waals surface area contributed by atoms with E-state index in [-0.39, 0.29) is 11.9 Å². The molecule has 0 saturated carbocycles. The van der Waals surface area contributed by atoms with Crippen LogP contribution in [0.4, 0.5) is 5.69 Å². The summed E-state index contributed by atoms with van der Waals surface area (Å²) in [6.45, 7) is 1.91. The first-order chi connectivity index (χ1) is 10.1. The van der Waals surface area contributed by atoms with Crippen molar-refractivity contribution >= 4 is 23.2 Å². The number of likely N-dealkylation sites (N-methyl/N-ethyl adjacent to an activating group) is 1. The molecule has 1 aliphatic rings. The molecular weight excluding hydrogens is 292 g/mol. The normalized spacial score (nSPS) is 18.7. The standard InChI is InChI=1S/C15H21ClN2O3/c1-18-7-3-4-13(18)15(19)17-11-5-6-14(12(16)10-11)21-9-8-20-2/h5-6,10,13H,3-4,7-9H2,1-2H3,(H,17,19)/t13-/m0/s1. The number of anilines is 1. The molecule has 0 bridgehead atoms. The Hall–Kier alpha value is -1.30. The van der Waals surface area contributed by atoms with Crippen molar-refractivity contribution in [3.63, 3.8) is 0 Å². The van der Waals surface area contributed by atoms with E-state index in [1.165, 1.54) is 0 Å². The molecule has 0 aromatic heterocycles. The number of likely N-dealkylation sites (tertiary alicyclic amines) is 1. The number of halogens is 1. The van der Waals surface area contributed by atoms with Gasteiger partial charge in [-0.05, 0) is 44.6 Å². The molecule has 0 unspecified atom stereocenters. The Morgan fingerprint density at radius 1 is 1.48 bits per heavy atom. The van der Waals surface area contributed by atoms with E-state index in [1.807, 2.05) is 7.05 Å². The third-order valence-corrected chi connectivity index (χ3v) is 3.86. The van der Waals surface area contributed by atoms with E-state index in [9.17, 15) is 4.79 Å². The summed E-state index contributed by atoms with van der Waals surface area (Å²) >= 11 is 6.15. The zero-order chi connectivity index (χ0) is 15.2. The quantitative estimate of drug-likeness (QED) is 0.820. The number of benzene rings is 1. The van der Waals surface area contributed by atoms with Gasteiger partial charge >= 0.3 is 0 Å². The van der Waals surface area contributed by atoms with Gasteiger partial charge in [-0.15, -0.1) is 0 Å². The van der Waals surface area contributed by atoms with Gasteiger partial charge in [0.2, 0.25) is 5.91 Å². The maximum atomic E-state index is 12.2. The lowest BCUT2D eigenvalue weighted by Gasteiger charge is -2.19. The second-order valence-electron chi connectivity index (χ2n) is 5.11. The Bertz CT molecular complexity index is 496. The zero-order valence-electron chi connectivity index (χ0n) is 12.4. The highest BCUT2D eigenvalue weighted by Gasteiger charge is 2.27. The number of hydrogen-bond acceptors (Lipinski definition) is 4. The van der Waals surface area contributed by atoms with Crippen molar-refractivity contribution in [2.24, 2.45) is 0 Å². The summed E-state index contributed by atoms with van der Waals surface area (Å²) in [4.78, 5) is 14.3. The lowest BCUT2D eigenvalue weighted by atomic mass is 10.2. The molecule has 1 heterocycles. The van der Waals surface area contributed by atoms with Crippen LogP contribution in [0, 0.1) is 0 Å². The minimum Gasteiger partial charge on any atom is -0.490 e. The second kappa shape index (κ2) is 7.64. The van der Waals surface area contributed by atoms with Crippen molar-refractivity contribution in [2.45, 2.75) is 18.9 Å². The molecule has 1 atom stereocenters. The first-order valence-electron chi connectivity index (χ1n) is 7.04. The van der Waals surface area contributed by atoms with Gasteiger partial charge in [-0.25, -0.2) is 0 Å². The molecule has 5 nitrogen and oxygen atoms in total. The molecule has 1 aromatic carbocycles. The van der Waals surface area contributed by atoms with Crippen LogP contribution in [-0.4, -0.2) is 50.8 Å². The second-order valence-corrected chi connectivity index (χ2v) is 5.52. The number of nitrogens with zero attached hydrogens (tertiary/aromatic N) is 1. The molecule has 0 aliphatic carbocycles. The number of carbonyl (C=O) groups is 1. The highest BCUT2D eigenvalue weighted by Crippen LogP contribution is 2.28. The number of carbonyl (C=O) groups excluding carboxylic acids is 1. The largest absolute Gasteiger partial charge is 0.490 e. The van der Waals surface area contributed by atoms with E-state index >= 15 is 0 Å². The summed E-state index contributed by atoms with van der Waals surface area (Å²) < 4.78 is 10.4. The lowest BCUT2D eigenvalue weighted by Crippen LogP contribution is -2.37. The maximum absolute atomic E-state index is 12.2. The molecule has 1 fully saturated rings. The maximum Gasteiger partial charge on any atom is 0.241 e. The fraction of sp³-hybridized carbons (Fsp3) is 0.533. The van der Waals surface area contributed by atoms with Crippen molar-refractivity contribution in [2.75, 3.05) is 39.2 Å². The molecule has 0 radical (unpaired) electrons. The van der Waals surface area contributed by atoms with Crippen LogP contribution in [0.5, 0.6) is 5.75 Å². The molecule has 1 aliphatic heterocycles. The highest BCUT2D eigenvalue weighted by molar-refractivity contribution is 6.32. The smallest absolute Gasteiger partial charge is 0.241 e. The number of ether oxygens (including phenoxy) is 2. The number of rotatable bonds is 6. The fourth-order valence-corrected chi connectivity index (χ4v) is 2.63. The summed E-state index contributed by atoms with van der Waals surface area (Å²) in [5, 5.41) is 3.38. The minimum absolute atomic E-state index is 0.0131. The number of methoxy groups -OCH3 is 1. The average molecular weight is 313 g/mol. The molecule has 6 heteroatoms. The van der Waals surface area contributed by atoms with Crippen LogP contribution >= 0.6 is 11.6 Å². The van der Waals surface area contributed by atoms with Crippen molar-refractivity contribution < 1.29 is 14.3 Å². The first-order valence-corrected chi connectivity index (χ1v) is 7.42. The van der Waals surface area contributed by atoms with E-state index in [1.54, 1.807) is 25.3 Å². The number of amides is 1. The third kappa shape index (κ3) is 4.33. The monoisotopic (exact) mass is 312 g/mol. The molecule has 2 rings (SSSR count). The van der Waals surface area contributed by atoms with Gasteiger partial charge in [0.05, 0.1) is 17.7 Å². The van der Waals surface area contributed by atoms with Crippen LogP contribution in [0.1, 0.15) is 12.8 Å². The van der Waals surface area contributed by atoms with E-state index in [0.29, 0.717) is 29.7 Å². The lowest BCUT2D eigenvalue weighted by molar-refractivity contribution is -0.119. The predicted molar refractivity (Wildman–Crippen MR) is 83.1 cm³/mol. The molecule has 1 saturated heterocycles.